The van der Waals surface area contributed by atoms with Crippen LogP contribution in [0.15, 0.2) is 41.8 Å². The number of halogens is 1. The third-order valence-corrected chi connectivity index (χ3v) is 4.79. The lowest BCUT2D eigenvalue weighted by Gasteiger charge is -2.21. The molecule has 0 aliphatic heterocycles. The standard InChI is InChI=1S/C20H28N2O6S.ClH/c1-14(25-2)19(20(21)24)28-17-7-5-16(6-8-17)26-10-9-22-12-15(23)13-27-18-4-3-11-29-18;/h3-8,11,14-15,19,22-23H,9-10,12-13H2,1-2H3,(H2,21,24);1H. The Kier molecular flexibility index (Phi) is 12.2. The quantitative estimate of drug-likeness (QED) is 0.369. The summed E-state index contributed by atoms with van der Waals surface area (Å²) in [5.41, 5.74) is 5.35. The second kappa shape index (κ2) is 14.1. The van der Waals surface area contributed by atoms with Gasteiger partial charge in [-0.25, -0.2) is 0 Å². The molecule has 0 saturated heterocycles. The Morgan fingerprint density at radius 3 is 2.50 bits per heavy atom. The fraction of sp³-hybridized carbons (Fsp3) is 0.450. The minimum atomic E-state index is -0.869. The molecule has 168 valence electrons. The predicted molar refractivity (Wildman–Crippen MR) is 118 cm³/mol. The molecule has 0 radical (unpaired) electrons. The van der Waals surface area contributed by atoms with Crippen LogP contribution >= 0.6 is 23.7 Å². The van der Waals surface area contributed by atoms with Crippen molar-refractivity contribution in [2.24, 2.45) is 5.73 Å². The van der Waals surface area contributed by atoms with Crippen LogP contribution in [-0.2, 0) is 9.53 Å². The third kappa shape index (κ3) is 9.19. The monoisotopic (exact) mass is 460 g/mol. The molecule has 10 heteroatoms. The topological polar surface area (TPSA) is 112 Å². The Morgan fingerprint density at radius 2 is 1.90 bits per heavy atom. The molecular formula is C20H29ClN2O6S. The molecule has 1 aromatic heterocycles. The summed E-state index contributed by atoms with van der Waals surface area (Å²) in [6.07, 6.45) is -1.92. The number of amides is 1. The van der Waals surface area contributed by atoms with E-state index in [-0.39, 0.29) is 19.0 Å². The molecule has 1 heterocycles. The molecule has 0 bridgehead atoms. The van der Waals surface area contributed by atoms with E-state index in [4.69, 9.17) is 24.7 Å². The van der Waals surface area contributed by atoms with E-state index < -0.39 is 24.2 Å². The van der Waals surface area contributed by atoms with Crippen LogP contribution in [0.25, 0.3) is 0 Å². The first kappa shape index (κ1) is 26.0. The van der Waals surface area contributed by atoms with Crippen LogP contribution in [0.2, 0.25) is 0 Å². The highest BCUT2D eigenvalue weighted by Crippen LogP contribution is 2.20. The summed E-state index contributed by atoms with van der Waals surface area (Å²) >= 11 is 1.49. The van der Waals surface area contributed by atoms with Gasteiger partial charge in [-0.2, -0.15) is 0 Å². The van der Waals surface area contributed by atoms with E-state index in [1.807, 2.05) is 17.5 Å². The molecule has 1 aromatic carbocycles. The van der Waals surface area contributed by atoms with Crippen LogP contribution in [-0.4, -0.2) is 62.7 Å². The Labute approximate surface area is 186 Å². The summed E-state index contributed by atoms with van der Waals surface area (Å²) in [7, 11) is 1.49. The lowest BCUT2D eigenvalue weighted by Crippen LogP contribution is -2.42. The smallest absolute Gasteiger partial charge is 0.261 e. The lowest BCUT2D eigenvalue weighted by molar-refractivity contribution is -0.130. The Bertz CT molecular complexity index is 717. The highest BCUT2D eigenvalue weighted by molar-refractivity contribution is 7.11. The molecule has 3 unspecified atom stereocenters. The maximum Gasteiger partial charge on any atom is 0.261 e. The minimum absolute atomic E-state index is 0. The van der Waals surface area contributed by atoms with Gasteiger partial charge in [-0.1, -0.05) is 0 Å². The number of aliphatic hydroxyl groups is 1. The van der Waals surface area contributed by atoms with Crippen LogP contribution < -0.4 is 25.3 Å². The first-order valence-corrected chi connectivity index (χ1v) is 10.1. The molecule has 0 spiro atoms. The fourth-order valence-electron chi connectivity index (χ4n) is 2.36. The molecule has 3 atom stereocenters. The summed E-state index contributed by atoms with van der Waals surface area (Å²) < 4.78 is 21.8. The van der Waals surface area contributed by atoms with Gasteiger partial charge in [-0.3, -0.25) is 4.79 Å². The number of rotatable bonds is 14. The summed E-state index contributed by atoms with van der Waals surface area (Å²) in [6.45, 7) is 3.37. The van der Waals surface area contributed by atoms with Crippen molar-refractivity contribution in [2.75, 3.05) is 33.4 Å². The number of primary amides is 1. The van der Waals surface area contributed by atoms with Gasteiger partial charge in [0.2, 0.25) is 6.10 Å². The van der Waals surface area contributed by atoms with Crippen molar-refractivity contribution in [3.8, 4) is 16.6 Å². The minimum Gasteiger partial charge on any atom is -0.492 e. The molecule has 0 aliphatic rings. The molecule has 0 saturated carbocycles. The molecular weight excluding hydrogens is 432 g/mol. The number of nitrogens with two attached hydrogens (primary N) is 1. The van der Waals surface area contributed by atoms with E-state index in [0.29, 0.717) is 31.2 Å². The van der Waals surface area contributed by atoms with Gasteiger partial charge in [0.05, 0.1) is 0 Å². The van der Waals surface area contributed by atoms with Gasteiger partial charge in [-0.05, 0) is 48.7 Å². The van der Waals surface area contributed by atoms with Gasteiger partial charge in [0, 0.05) is 20.2 Å². The average Bonchev–Trinajstić information content (AvgIpc) is 3.24. The zero-order chi connectivity index (χ0) is 21.1. The highest BCUT2D eigenvalue weighted by atomic mass is 35.5. The molecule has 0 aliphatic carbocycles. The summed E-state index contributed by atoms with van der Waals surface area (Å²) in [5, 5.41) is 15.7. The number of hydrogen-bond donors (Lipinski definition) is 3. The number of methoxy groups -OCH3 is 1. The van der Waals surface area contributed by atoms with Crippen LogP contribution in [0.4, 0.5) is 0 Å². The van der Waals surface area contributed by atoms with E-state index in [1.54, 1.807) is 31.2 Å². The first-order valence-electron chi connectivity index (χ1n) is 9.26. The number of benzene rings is 1. The maximum atomic E-state index is 11.5. The van der Waals surface area contributed by atoms with Gasteiger partial charge >= 0.3 is 0 Å². The summed E-state index contributed by atoms with van der Waals surface area (Å²) in [5.74, 6) is 0.571. The molecule has 4 N–H and O–H groups in total. The van der Waals surface area contributed by atoms with Crippen molar-refractivity contribution >= 4 is 29.7 Å². The number of aliphatic hydroxyl groups excluding tert-OH is 1. The summed E-state index contributed by atoms with van der Waals surface area (Å²) in [6, 6.07) is 10.7. The summed E-state index contributed by atoms with van der Waals surface area (Å²) in [4.78, 5) is 11.5. The number of carbonyl (C=O) groups excluding carboxylic acids is 1. The number of thiophene rings is 1. The van der Waals surface area contributed by atoms with Crippen LogP contribution in [0.3, 0.4) is 0 Å². The fourth-order valence-corrected chi connectivity index (χ4v) is 2.95. The third-order valence-electron chi connectivity index (χ3n) is 4.01. The normalized spacial score (nSPS) is 13.6. The van der Waals surface area contributed by atoms with Gasteiger partial charge in [0.25, 0.3) is 5.91 Å². The number of hydrogen-bond acceptors (Lipinski definition) is 8. The van der Waals surface area contributed by atoms with E-state index in [2.05, 4.69) is 5.32 Å². The lowest BCUT2D eigenvalue weighted by atomic mass is 10.2. The van der Waals surface area contributed by atoms with Crippen LogP contribution in [0.5, 0.6) is 16.6 Å². The first-order chi connectivity index (χ1) is 14.0. The molecule has 8 nitrogen and oxygen atoms in total. The SMILES string of the molecule is COC(C)C(Oc1ccc(OCCNCC(O)COc2cccs2)cc1)C(N)=O.Cl. The van der Waals surface area contributed by atoms with E-state index in [9.17, 15) is 9.90 Å². The molecule has 30 heavy (non-hydrogen) atoms. The van der Waals surface area contributed by atoms with E-state index in [0.717, 1.165) is 5.06 Å². The molecule has 2 aromatic rings. The van der Waals surface area contributed by atoms with Gasteiger partial charge in [0.15, 0.2) is 5.06 Å². The Balaban J connectivity index is 0.00000450. The Hall–Kier alpha value is -2.04. The van der Waals surface area contributed by atoms with Crippen molar-refractivity contribution in [3.63, 3.8) is 0 Å². The molecule has 0 fully saturated rings. The zero-order valence-corrected chi connectivity index (χ0v) is 18.6. The van der Waals surface area contributed by atoms with Crippen LogP contribution in [0, 0.1) is 0 Å². The van der Waals surface area contributed by atoms with Crippen molar-refractivity contribution < 1.29 is 28.8 Å². The van der Waals surface area contributed by atoms with Crippen molar-refractivity contribution in [3.05, 3.63) is 41.8 Å². The van der Waals surface area contributed by atoms with Gasteiger partial charge < -0.3 is 35.1 Å². The van der Waals surface area contributed by atoms with Crippen LogP contribution in [0.1, 0.15) is 6.92 Å². The van der Waals surface area contributed by atoms with Crippen molar-refractivity contribution in [1.82, 2.24) is 5.32 Å². The number of nitrogens with one attached hydrogen (secondary N) is 1. The van der Waals surface area contributed by atoms with E-state index >= 15 is 0 Å². The molecule has 1 amide bonds. The van der Waals surface area contributed by atoms with E-state index in [1.165, 1.54) is 18.4 Å². The average molecular weight is 461 g/mol. The Morgan fingerprint density at radius 1 is 1.20 bits per heavy atom. The van der Waals surface area contributed by atoms with Crippen molar-refractivity contribution in [1.29, 1.82) is 0 Å². The highest BCUT2D eigenvalue weighted by Gasteiger charge is 2.24. The largest absolute Gasteiger partial charge is 0.492 e. The number of carbonyl (C=O) groups is 1. The van der Waals surface area contributed by atoms with Crippen molar-refractivity contribution in [2.45, 2.75) is 25.2 Å². The molecule has 2 rings (SSSR count). The zero-order valence-electron chi connectivity index (χ0n) is 17.0. The maximum absolute atomic E-state index is 11.5. The van der Waals surface area contributed by atoms with Gasteiger partial charge in [-0.15, -0.1) is 23.7 Å². The second-order valence-corrected chi connectivity index (χ2v) is 7.21. The predicted octanol–water partition coefficient (Wildman–Crippen LogP) is 1.85. The number of ether oxygens (including phenoxy) is 4. The van der Waals surface area contributed by atoms with Gasteiger partial charge in [0.1, 0.15) is 36.9 Å². The second-order valence-electron chi connectivity index (χ2n) is 6.30.